The van der Waals surface area contributed by atoms with Crippen LogP contribution in [0.4, 0.5) is 22.7 Å². The molecule has 0 atom stereocenters. The Balaban J connectivity index is 1.60. The van der Waals surface area contributed by atoms with Crippen molar-refractivity contribution in [3.05, 3.63) is 102 Å². The van der Waals surface area contributed by atoms with Crippen LogP contribution >= 0.6 is 11.3 Å². The van der Waals surface area contributed by atoms with E-state index in [9.17, 15) is 13.5 Å². The number of nitrogens with zero attached hydrogens (tertiary/aromatic N) is 2. The van der Waals surface area contributed by atoms with Crippen molar-refractivity contribution in [2.75, 3.05) is 9.62 Å². The Morgan fingerprint density at radius 2 is 1.53 bits per heavy atom. The standard InChI is InChI=1S/C26H25N3O3S2/c1-19(2)29(21-9-4-3-5-10-21)22-16-14-20(15-17-22)27-26(30)23-11-6-7-12-24(23)28-34(31,32)25-13-8-18-33-25/h3-19,28H,1-2H3,(H,27,30)/p-1. The average molecular weight is 491 g/mol. The first kappa shape index (κ1) is 23.5. The number of hydrogen-bond acceptors (Lipinski definition) is 6. The highest BCUT2D eigenvalue weighted by atomic mass is 32.2. The summed E-state index contributed by atoms with van der Waals surface area (Å²) in [7, 11) is -3.78. The Morgan fingerprint density at radius 3 is 2.18 bits per heavy atom. The molecule has 1 heterocycles. The molecule has 0 amide bonds. The van der Waals surface area contributed by atoms with Crippen LogP contribution < -0.4 is 14.7 Å². The lowest BCUT2D eigenvalue weighted by molar-refractivity contribution is -0.212. The first-order valence-electron chi connectivity index (χ1n) is 10.7. The molecule has 0 fully saturated rings. The van der Waals surface area contributed by atoms with Gasteiger partial charge in [0.05, 0.1) is 11.4 Å². The minimum absolute atomic E-state index is 0.176. The second-order valence-corrected chi connectivity index (χ2v) is 10.7. The molecule has 3 aromatic carbocycles. The second-order valence-electron chi connectivity index (χ2n) is 7.82. The summed E-state index contributed by atoms with van der Waals surface area (Å²) in [5, 5.41) is 14.6. The molecule has 0 aliphatic heterocycles. The van der Waals surface area contributed by atoms with Crippen molar-refractivity contribution in [2.45, 2.75) is 24.1 Å². The van der Waals surface area contributed by atoms with Crippen LogP contribution in [-0.2, 0) is 10.0 Å². The van der Waals surface area contributed by atoms with E-state index in [0.29, 0.717) is 5.69 Å². The summed E-state index contributed by atoms with van der Waals surface area (Å²) in [6.07, 6.45) is 0. The van der Waals surface area contributed by atoms with Crippen LogP contribution in [0.15, 0.2) is 106 Å². The van der Waals surface area contributed by atoms with Crippen LogP contribution in [0.5, 0.6) is 0 Å². The number of aliphatic imine (C=N–C) groups is 1. The maximum absolute atomic E-state index is 12.9. The maximum Gasteiger partial charge on any atom is 0.271 e. The molecule has 0 unspecified atom stereocenters. The number of benzene rings is 3. The van der Waals surface area contributed by atoms with Crippen molar-refractivity contribution < 1.29 is 13.5 Å². The molecule has 34 heavy (non-hydrogen) atoms. The molecule has 4 rings (SSSR count). The number of para-hydroxylation sites is 2. The fraction of sp³-hybridized carbons (Fsp3) is 0.115. The molecule has 0 radical (unpaired) electrons. The molecular formula is C26H24N3O3S2-. The monoisotopic (exact) mass is 490 g/mol. The minimum atomic E-state index is -3.78. The van der Waals surface area contributed by atoms with Crippen molar-refractivity contribution >= 4 is 50.0 Å². The van der Waals surface area contributed by atoms with Gasteiger partial charge in [-0.15, -0.1) is 11.3 Å². The number of nitrogens with one attached hydrogen (secondary N) is 1. The van der Waals surface area contributed by atoms with E-state index in [2.05, 4.69) is 40.6 Å². The summed E-state index contributed by atoms with van der Waals surface area (Å²) in [6, 6.07) is 27.3. The van der Waals surface area contributed by atoms with Gasteiger partial charge in [0.2, 0.25) is 0 Å². The van der Waals surface area contributed by atoms with E-state index in [1.54, 1.807) is 47.8 Å². The molecule has 0 saturated carbocycles. The number of thiophene rings is 1. The highest BCUT2D eigenvalue weighted by Gasteiger charge is 2.17. The Hall–Kier alpha value is -3.62. The highest BCUT2D eigenvalue weighted by molar-refractivity contribution is 7.94. The molecule has 4 aromatic rings. The van der Waals surface area contributed by atoms with E-state index in [4.69, 9.17) is 0 Å². The van der Waals surface area contributed by atoms with Crippen molar-refractivity contribution in [3.8, 4) is 0 Å². The Bertz CT molecular complexity index is 1370. The van der Waals surface area contributed by atoms with Gasteiger partial charge in [0.15, 0.2) is 0 Å². The maximum atomic E-state index is 12.9. The molecule has 1 aromatic heterocycles. The van der Waals surface area contributed by atoms with Crippen molar-refractivity contribution in [2.24, 2.45) is 4.99 Å². The molecule has 0 spiro atoms. The Morgan fingerprint density at radius 1 is 0.882 bits per heavy atom. The van der Waals surface area contributed by atoms with Crippen LogP contribution in [-0.4, -0.2) is 20.4 Å². The molecule has 174 valence electrons. The smallest absolute Gasteiger partial charge is 0.271 e. The lowest BCUT2D eigenvalue weighted by Gasteiger charge is -2.29. The predicted molar refractivity (Wildman–Crippen MR) is 138 cm³/mol. The third-order valence-electron chi connectivity index (χ3n) is 5.07. The van der Waals surface area contributed by atoms with E-state index in [1.165, 1.54) is 6.07 Å². The molecule has 0 bridgehead atoms. The number of sulfonamides is 1. The fourth-order valence-corrected chi connectivity index (χ4v) is 5.64. The summed E-state index contributed by atoms with van der Waals surface area (Å²) in [6.45, 7) is 4.23. The van der Waals surface area contributed by atoms with Gasteiger partial charge < -0.3 is 10.0 Å². The molecule has 1 N–H and O–H groups in total. The van der Waals surface area contributed by atoms with Crippen LogP contribution in [0, 0.1) is 0 Å². The molecular weight excluding hydrogens is 466 g/mol. The summed E-state index contributed by atoms with van der Waals surface area (Å²) in [4.78, 5) is 6.41. The Kier molecular flexibility index (Phi) is 7.00. The highest BCUT2D eigenvalue weighted by Crippen LogP contribution is 2.30. The Labute approximate surface area is 203 Å². The van der Waals surface area contributed by atoms with Gasteiger partial charge in [0, 0.05) is 23.0 Å². The van der Waals surface area contributed by atoms with E-state index < -0.39 is 15.9 Å². The molecule has 0 aliphatic rings. The third kappa shape index (κ3) is 5.30. The summed E-state index contributed by atoms with van der Waals surface area (Å²) in [5.41, 5.74) is 2.92. The van der Waals surface area contributed by atoms with Crippen molar-refractivity contribution in [3.63, 3.8) is 0 Å². The van der Waals surface area contributed by atoms with Crippen LogP contribution in [0.2, 0.25) is 0 Å². The van der Waals surface area contributed by atoms with Gasteiger partial charge in [-0.05, 0) is 73.7 Å². The van der Waals surface area contributed by atoms with E-state index >= 15 is 0 Å². The van der Waals surface area contributed by atoms with E-state index in [-0.39, 0.29) is 21.5 Å². The zero-order valence-corrected chi connectivity index (χ0v) is 20.4. The second kappa shape index (κ2) is 10.1. The van der Waals surface area contributed by atoms with Gasteiger partial charge in [-0.2, -0.15) is 0 Å². The molecule has 0 saturated heterocycles. The van der Waals surface area contributed by atoms with Gasteiger partial charge in [0.1, 0.15) is 4.21 Å². The first-order valence-corrected chi connectivity index (χ1v) is 13.1. The van der Waals surface area contributed by atoms with Gasteiger partial charge >= 0.3 is 0 Å². The third-order valence-corrected chi connectivity index (χ3v) is 7.83. The summed E-state index contributed by atoms with van der Waals surface area (Å²) >= 11 is 1.11. The number of anilines is 3. The van der Waals surface area contributed by atoms with Crippen molar-refractivity contribution in [1.82, 2.24) is 0 Å². The zero-order chi connectivity index (χ0) is 24.1. The van der Waals surface area contributed by atoms with Gasteiger partial charge in [-0.1, -0.05) is 42.5 Å². The number of rotatable bonds is 8. The van der Waals surface area contributed by atoms with Crippen molar-refractivity contribution in [1.29, 1.82) is 0 Å². The minimum Gasteiger partial charge on any atom is -0.858 e. The van der Waals surface area contributed by atoms with Crippen LogP contribution in [0.3, 0.4) is 0 Å². The predicted octanol–water partition coefficient (Wildman–Crippen LogP) is 5.53. The quantitative estimate of drug-likeness (QED) is 0.260. The lowest BCUT2D eigenvalue weighted by atomic mass is 10.1. The topological polar surface area (TPSA) is 84.8 Å². The molecule has 8 heteroatoms. The van der Waals surface area contributed by atoms with Gasteiger partial charge in [-0.3, -0.25) is 9.71 Å². The fourth-order valence-electron chi connectivity index (χ4n) is 3.57. The number of hydrogen-bond donors (Lipinski definition) is 1. The largest absolute Gasteiger partial charge is 0.858 e. The van der Waals surface area contributed by atoms with E-state index in [0.717, 1.165) is 22.7 Å². The first-order chi connectivity index (χ1) is 16.3. The normalized spacial score (nSPS) is 12.0. The SMILES string of the molecule is CC(C)N(c1ccccc1)c1ccc(N=C([O-])c2ccccc2NS(=O)(=O)c2cccs2)cc1. The van der Waals surface area contributed by atoms with E-state index in [1.807, 2.05) is 30.3 Å². The zero-order valence-electron chi connectivity index (χ0n) is 18.8. The average Bonchev–Trinajstić information content (AvgIpc) is 3.37. The van der Waals surface area contributed by atoms with Gasteiger partial charge in [-0.25, -0.2) is 8.42 Å². The molecule has 0 aliphatic carbocycles. The van der Waals surface area contributed by atoms with Crippen LogP contribution in [0.25, 0.3) is 0 Å². The van der Waals surface area contributed by atoms with Crippen LogP contribution in [0.1, 0.15) is 19.4 Å². The summed E-state index contributed by atoms with van der Waals surface area (Å²) < 4.78 is 27.9. The lowest BCUT2D eigenvalue weighted by Crippen LogP contribution is -2.25. The molecule has 6 nitrogen and oxygen atoms in total. The van der Waals surface area contributed by atoms with Gasteiger partial charge in [0.25, 0.3) is 10.0 Å². The summed E-state index contributed by atoms with van der Waals surface area (Å²) in [5.74, 6) is -0.527.